The highest BCUT2D eigenvalue weighted by Gasteiger charge is 2.23. The summed E-state index contributed by atoms with van der Waals surface area (Å²) in [5.74, 6) is 1.71. The van der Waals surface area contributed by atoms with Crippen LogP contribution in [0.5, 0.6) is 5.75 Å². The molecule has 1 aromatic rings. The van der Waals surface area contributed by atoms with E-state index in [1.165, 1.54) is 15.3 Å². The molecule has 0 bridgehead atoms. The molecule has 0 spiro atoms. The summed E-state index contributed by atoms with van der Waals surface area (Å²) >= 11 is 1.87. The third-order valence-electron chi connectivity index (χ3n) is 2.77. The van der Waals surface area contributed by atoms with Crippen LogP contribution in [0.3, 0.4) is 0 Å². The minimum atomic E-state index is 0.276. The summed E-state index contributed by atoms with van der Waals surface area (Å²) in [7, 11) is 0. The second-order valence-corrected chi connectivity index (χ2v) is 5.85. The standard InChI is InChI=1S/C12H19NOS/c1-7(2)11-9(4)15-10-6-13-5-8(3)14-12(10)11/h7-8,13H,5-6H2,1-4H3/t8-/m0/s1. The maximum atomic E-state index is 6.02. The van der Waals surface area contributed by atoms with Crippen molar-refractivity contribution in [2.24, 2.45) is 0 Å². The predicted octanol–water partition coefficient (Wildman–Crippen LogP) is 3.05. The zero-order chi connectivity index (χ0) is 11.0. The Hall–Kier alpha value is -0.540. The fourth-order valence-electron chi connectivity index (χ4n) is 2.14. The molecule has 0 fully saturated rings. The van der Waals surface area contributed by atoms with Crippen molar-refractivity contribution in [1.29, 1.82) is 0 Å². The first-order chi connectivity index (χ1) is 7.09. The lowest BCUT2D eigenvalue weighted by molar-refractivity contribution is 0.224. The van der Waals surface area contributed by atoms with Crippen LogP contribution in [-0.4, -0.2) is 12.6 Å². The first-order valence-electron chi connectivity index (χ1n) is 5.59. The van der Waals surface area contributed by atoms with Crippen LogP contribution in [0, 0.1) is 6.92 Å². The van der Waals surface area contributed by atoms with Crippen LogP contribution in [0.4, 0.5) is 0 Å². The third-order valence-corrected chi connectivity index (χ3v) is 3.87. The molecule has 84 valence electrons. The Balaban J connectivity index is 2.44. The molecular weight excluding hydrogens is 206 g/mol. The van der Waals surface area contributed by atoms with Crippen molar-refractivity contribution < 1.29 is 4.74 Å². The van der Waals surface area contributed by atoms with E-state index in [-0.39, 0.29) is 6.10 Å². The fraction of sp³-hybridized carbons (Fsp3) is 0.667. The van der Waals surface area contributed by atoms with Crippen molar-refractivity contribution in [1.82, 2.24) is 5.32 Å². The molecule has 3 heteroatoms. The largest absolute Gasteiger partial charge is 0.488 e. The smallest absolute Gasteiger partial charge is 0.138 e. The van der Waals surface area contributed by atoms with Crippen molar-refractivity contribution in [2.45, 2.75) is 46.3 Å². The Bertz CT molecular complexity index is 357. The summed E-state index contributed by atoms with van der Waals surface area (Å²) in [6.07, 6.45) is 0.276. The Morgan fingerprint density at radius 1 is 1.47 bits per heavy atom. The van der Waals surface area contributed by atoms with Crippen molar-refractivity contribution in [2.75, 3.05) is 6.54 Å². The van der Waals surface area contributed by atoms with Gasteiger partial charge in [-0.3, -0.25) is 0 Å². The first-order valence-corrected chi connectivity index (χ1v) is 6.40. The quantitative estimate of drug-likeness (QED) is 0.793. The van der Waals surface area contributed by atoms with E-state index in [9.17, 15) is 0 Å². The molecule has 1 aromatic heterocycles. The highest BCUT2D eigenvalue weighted by atomic mass is 32.1. The van der Waals surface area contributed by atoms with E-state index in [1.54, 1.807) is 0 Å². The maximum absolute atomic E-state index is 6.02. The van der Waals surface area contributed by atoms with Gasteiger partial charge in [0.15, 0.2) is 0 Å². The second kappa shape index (κ2) is 4.14. The van der Waals surface area contributed by atoms with E-state index >= 15 is 0 Å². The van der Waals surface area contributed by atoms with Crippen LogP contribution < -0.4 is 10.1 Å². The Kier molecular flexibility index (Phi) is 3.03. The van der Waals surface area contributed by atoms with Gasteiger partial charge in [-0.15, -0.1) is 11.3 Å². The molecule has 2 heterocycles. The molecule has 0 unspecified atom stereocenters. The average Bonchev–Trinajstić information content (AvgIpc) is 2.32. The van der Waals surface area contributed by atoms with E-state index in [0.717, 1.165) is 18.8 Å². The lowest BCUT2D eigenvalue weighted by Crippen LogP contribution is -2.25. The molecular formula is C12H19NOS. The molecule has 2 nitrogen and oxygen atoms in total. The van der Waals surface area contributed by atoms with Gasteiger partial charge in [0.2, 0.25) is 0 Å². The predicted molar refractivity (Wildman–Crippen MR) is 64.9 cm³/mol. The summed E-state index contributed by atoms with van der Waals surface area (Å²) in [4.78, 5) is 2.77. The summed E-state index contributed by atoms with van der Waals surface area (Å²) in [6.45, 7) is 10.7. The Morgan fingerprint density at radius 3 is 2.87 bits per heavy atom. The van der Waals surface area contributed by atoms with Crippen molar-refractivity contribution >= 4 is 11.3 Å². The van der Waals surface area contributed by atoms with Crippen molar-refractivity contribution in [3.05, 3.63) is 15.3 Å². The van der Waals surface area contributed by atoms with E-state index in [1.807, 2.05) is 11.3 Å². The lowest BCUT2D eigenvalue weighted by atomic mass is 10.0. The zero-order valence-electron chi connectivity index (χ0n) is 9.89. The topological polar surface area (TPSA) is 21.3 Å². The molecule has 1 N–H and O–H groups in total. The van der Waals surface area contributed by atoms with Gasteiger partial charge in [-0.05, 0) is 19.8 Å². The molecule has 1 aliphatic heterocycles. The third kappa shape index (κ3) is 2.04. The van der Waals surface area contributed by atoms with E-state index in [4.69, 9.17) is 4.74 Å². The number of aryl methyl sites for hydroxylation is 1. The van der Waals surface area contributed by atoms with Crippen LogP contribution in [-0.2, 0) is 6.54 Å². The van der Waals surface area contributed by atoms with E-state index in [2.05, 4.69) is 33.0 Å². The van der Waals surface area contributed by atoms with Gasteiger partial charge in [-0.25, -0.2) is 0 Å². The van der Waals surface area contributed by atoms with Crippen LogP contribution in [0.1, 0.15) is 42.0 Å². The van der Waals surface area contributed by atoms with E-state index in [0.29, 0.717) is 5.92 Å². The number of hydrogen-bond donors (Lipinski definition) is 1. The maximum Gasteiger partial charge on any atom is 0.138 e. The summed E-state index contributed by atoms with van der Waals surface area (Å²) in [6, 6.07) is 0. The summed E-state index contributed by atoms with van der Waals surface area (Å²) < 4.78 is 6.02. The lowest BCUT2D eigenvalue weighted by Gasteiger charge is -2.14. The fourth-order valence-corrected chi connectivity index (χ4v) is 3.38. The van der Waals surface area contributed by atoms with Crippen molar-refractivity contribution in [3.8, 4) is 5.75 Å². The summed E-state index contributed by atoms with van der Waals surface area (Å²) in [5, 5.41) is 3.42. The van der Waals surface area contributed by atoms with Crippen LogP contribution in [0.15, 0.2) is 0 Å². The second-order valence-electron chi connectivity index (χ2n) is 4.54. The van der Waals surface area contributed by atoms with Crippen molar-refractivity contribution in [3.63, 3.8) is 0 Å². The van der Waals surface area contributed by atoms with Gasteiger partial charge in [0.25, 0.3) is 0 Å². The zero-order valence-corrected chi connectivity index (χ0v) is 10.7. The minimum absolute atomic E-state index is 0.276. The number of hydrogen-bond acceptors (Lipinski definition) is 3. The molecule has 1 aliphatic rings. The van der Waals surface area contributed by atoms with E-state index < -0.39 is 0 Å². The van der Waals surface area contributed by atoms with Crippen LogP contribution in [0.25, 0.3) is 0 Å². The minimum Gasteiger partial charge on any atom is -0.488 e. The molecule has 2 rings (SSSR count). The molecule has 15 heavy (non-hydrogen) atoms. The Morgan fingerprint density at radius 2 is 2.20 bits per heavy atom. The molecule has 1 atom stereocenters. The molecule has 0 radical (unpaired) electrons. The van der Waals surface area contributed by atoms with Gasteiger partial charge in [0.1, 0.15) is 11.9 Å². The summed E-state index contributed by atoms with van der Waals surface area (Å²) in [5.41, 5.74) is 1.41. The number of thiophene rings is 1. The number of ether oxygens (including phenoxy) is 1. The van der Waals surface area contributed by atoms with Gasteiger partial charge in [-0.2, -0.15) is 0 Å². The molecule has 0 saturated heterocycles. The molecule has 0 amide bonds. The van der Waals surface area contributed by atoms with Crippen LogP contribution >= 0.6 is 11.3 Å². The van der Waals surface area contributed by atoms with Gasteiger partial charge in [-0.1, -0.05) is 13.8 Å². The SMILES string of the molecule is Cc1sc2c(c1C(C)C)O[C@@H](C)CNC2. The number of rotatable bonds is 1. The van der Waals surface area contributed by atoms with Gasteiger partial charge in [0.05, 0.1) is 4.88 Å². The molecule has 0 aromatic carbocycles. The average molecular weight is 225 g/mol. The van der Waals surface area contributed by atoms with Gasteiger partial charge >= 0.3 is 0 Å². The highest BCUT2D eigenvalue weighted by Crippen LogP contribution is 2.40. The Labute approximate surface area is 95.6 Å². The van der Waals surface area contributed by atoms with Gasteiger partial charge in [0, 0.05) is 23.5 Å². The highest BCUT2D eigenvalue weighted by molar-refractivity contribution is 7.12. The number of nitrogens with one attached hydrogen (secondary N) is 1. The number of fused-ring (bicyclic) bond motifs is 1. The first kappa shape index (κ1) is 11.0. The normalized spacial score (nSPS) is 21.0. The van der Waals surface area contributed by atoms with Crippen LogP contribution in [0.2, 0.25) is 0 Å². The van der Waals surface area contributed by atoms with Gasteiger partial charge < -0.3 is 10.1 Å². The molecule has 0 aliphatic carbocycles. The monoisotopic (exact) mass is 225 g/mol. The molecule has 0 saturated carbocycles.